The van der Waals surface area contributed by atoms with E-state index in [4.69, 9.17) is 16.3 Å². The molecule has 3 heteroatoms. The number of rotatable bonds is 2. The van der Waals surface area contributed by atoms with Crippen molar-refractivity contribution in [3.8, 4) is 0 Å². The summed E-state index contributed by atoms with van der Waals surface area (Å²) in [5.41, 5.74) is 0.918. The van der Waals surface area contributed by atoms with Crippen LogP contribution in [0.4, 0.5) is 0 Å². The van der Waals surface area contributed by atoms with Gasteiger partial charge in [-0.25, -0.2) is 0 Å². The van der Waals surface area contributed by atoms with Gasteiger partial charge in [0.15, 0.2) is 0 Å². The minimum Gasteiger partial charge on any atom is -0.497 e. The lowest BCUT2D eigenvalue weighted by Crippen LogP contribution is -1.86. The van der Waals surface area contributed by atoms with E-state index in [2.05, 4.69) is 22.5 Å². The summed E-state index contributed by atoms with van der Waals surface area (Å²) in [5.74, 6) is 0.624. The Hall–Kier alpha value is -0.470. The largest absolute Gasteiger partial charge is 0.497 e. The minimum atomic E-state index is 0.624. The van der Waals surface area contributed by atoms with Crippen LogP contribution in [0.5, 0.6) is 0 Å². The maximum Gasteiger partial charge on any atom is 0.120 e. The molecule has 0 heterocycles. The lowest BCUT2D eigenvalue weighted by atomic mass is 10.2. The second kappa shape index (κ2) is 3.97. The molecule has 1 aromatic rings. The fraction of sp³-hybridized carbons (Fsp3) is 0.111. The molecule has 0 aliphatic rings. The van der Waals surface area contributed by atoms with Crippen molar-refractivity contribution in [2.24, 2.45) is 0 Å². The van der Waals surface area contributed by atoms with Crippen LogP contribution in [0.25, 0.3) is 5.76 Å². The van der Waals surface area contributed by atoms with Gasteiger partial charge in [-0.3, -0.25) is 0 Å². The van der Waals surface area contributed by atoms with Crippen LogP contribution < -0.4 is 0 Å². The van der Waals surface area contributed by atoms with E-state index >= 15 is 0 Å². The Labute approximate surface area is 85.1 Å². The second-order valence-corrected chi connectivity index (χ2v) is 3.54. The van der Waals surface area contributed by atoms with Crippen molar-refractivity contribution < 1.29 is 4.74 Å². The molecule has 0 saturated carbocycles. The highest BCUT2D eigenvalue weighted by Crippen LogP contribution is 2.26. The maximum absolute atomic E-state index is 5.76. The van der Waals surface area contributed by atoms with E-state index < -0.39 is 0 Å². The third-order valence-corrected chi connectivity index (χ3v) is 2.37. The topological polar surface area (TPSA) is 9.23 Å². The van der Waals surface area contributed by atoms with Crippen LogP contribution in [-0.4, -0.2) is 7.11 Å². The van der Waals surface area contributed by atoms with E-state index in [-0.39, 0.29) is 0 Å². The first-order valence-electron chi connectivity index (χ1n) is 3.33. The average molecular weight is 248 g/mol. The highest BCUT2D eigenvalue weighted by atomic mass is 79.9. The summed E-state index contributed by atoms with van der Waals surface area (Å²) in [7, 11) is 1.59. The van der Waals surface area contributed by atoms with Crippen LogP contribution in [0.3, 0.4) is 0 Å². The average Bonchev–Trinajstić information content (AvgIpc) is 2.03. The van der Waals surface area contributed by atoms with Gasteiger partial charge in [0.2, 0.25) is 0 Å². The molecule has 0 spiro atoms. The summed E-state index contributed by atoms with van der Waals surface area (Å²) in [5, 5.41) is 0.689. The molecule has 12 heavy (non-hydrogen) atoms. The molecule has 0 N–H and O–H groups in total. The van der Waals surface area contributed by atoms with Crippen LogP contribution in [0.2, 0.25) is 5.02 Å². The highest BCUT2D eigenvalue weighted by molar-refractivity contribution is 9.10. The Kier molecular flexibility index (Phi) is 3.18. The molecule has 64 valence electrons. The predicted octanol–water partition coefficient (Wildman–Crippen LogP) is 3.72. The molecular formula is C9H8BrClO. The molecule has 0 fully saturated rings. The van der Waals surface area contributed by atoms with Crippen LogP contribution in [-0.2, 0) is 4.74 Å². The third-order valence-electron chi connectivity index (χ3n) is 1.48. The van der Waals surface area contributed by atoms with Gasteiger partial charge in [0.05, 0.1) is 7.11 Å². The van der Waals surface area contributed by atoms with E-state index in [1.165, 1.54) is 0 Å². The molecule has 0 atom stereocenters. The van der Waals surface area contributed by atoms with Gasteiger partial charge in [0.25, 0.3) is 0 Å². The van der Waals surface area contributed by atoms with Crippen LogP contribution in [0.15, 0.2) is 29.3 Å². The Balaban J connectivity index is 3.09. The molecule has 0 aliphatic heterocycles. The molecule has 0 unspecified atom stereocenters. The van der Waals surface area contributed by atoms with Crippen LogP contribution >= 0.6 is 27.5 Å². The van der Waals surface area contributed by atoms with Gasteiger partial charge >= 0.3 is 0 Å². The number of hydrogen-bond donors (Lipinski definition) is 0. The molecule has 0 saturated heterocycles. The van der Waals surface area contributed by atoms with Crippen molar-refractivity contribution in [2.45, 2.75) is 0 Å². The zero-order valence-electron chi connectivity index (χ0n) is 6.60. The Morgan fingerprint density at radius 1 is 1.58 bits per heavy atom. The highest BCUT2D eigenvalue weighted by Gasteiger charge is 2.03. The first-order chi connectivity index (χ1) is 5.65. The summed E-state index contributed by atoms with van der Waals surface area (Å²) in [4.78, 5) is 0. The van der Waals surface area contributed by atoms with Crippen molar-refractivity contribution in [3.05, 3.63) is 39.8 Å². The Morgan fingerprint density at radius 2 is 2.25 bits per heavy atom. The van der Waals surface area contributed by atoms with E-state index in [1.54, 1.807) is 19.2 Å². The summed E-state index contributed by atoms with van der Waals surface area (Å²) in [6.45, 7) is 3.74. The van der Waals surface area contributed by atoms with Crippen molar-refractivity contribution in [3.63, 3.8) is 0 Å². The SMILES string of the molecule is C=C(OC)c1ccc(Cl)cc1Br. The summed E-state index contributed by atoms with van der Waals surface area (Å²) >= 11 is 9.13. The predicted molar refractivity (Wildman–Crippen MR) is 55.2 cm³/mol. The molecule has 0 aliphatic carbocycles. The number of methoxy groups -OCH3 is 1. The summed E-state index contributed by atoms with van der Waals surface area (Å²) in [6.07, 6.45) is 0. The standard InChI is InChI=1S/C9H8BrClO/c1-6(12-2)8-4-3-7(11)5-9(8)10/h3-5H,1H2,2H3. The molecule has 1 nitrogen and oxygen atoms in total. The second-order valence-electron chi connectivity index (χ2n) is 2.25. The minimum absolute atomic E-state index is 0.624. The number of halogens is 2. The quantitative estimate of drug-likeness (QED) is 0.724. The van der Waals surface area contributed by atoms with Gasteiger partial charge in [-0.15, -0.1) is 0 Å². The lowest BCUT2D eigenvalue weighted by molar-refractivity contribution is 0.371. The molecule has 1 aromatic carbocycles. The zero-order chi connectivity index (χ0) is 9.14. The monoisotopic (exact) mass is 246 g/mol. The van der Waals surface area contributed by atoms with Gasteiger partial charge in [-0.2, -0.15) is 0 Å². The smallest absolute Gasteiger partial charge is 0.120 e. The van der Waals surface area contributed by atoms with Crippen molar-refractivity contribution in [1.29, 1.82) is 0 Å². The van der Waals surface area contributed by atoms with Crippen LogP contribution in [0, 0.1) is 0 Å². The van der Waals surface area contributed by atoms with Gasteiger partial charge in [0, 0.05) is 15.1 Å². The fourth-order valence-corrected chi connectivity index (χ4v) is 1.73. The van der Waals surface area contributed by atoms with Gasteiger partial charge in [-0.05, 0) is 34.1 Å². The van der Waals surface area contributed by atoms with Crippen LogP contribution in [0.1, 0.15) is 5.56 Å². The molecule has 0 bridgehead atoms. The fourth-order valence-electron chi connectivity index (χ4n) is 0.826. The number of hydrogen-bond acceptors (Lipinski definition) is 1. The van der Waals surface area contributed by atoms with Gasteiger partial charge < -0.3 is 4.74 Å². The first kappa shape index (κ1) is 9.62. The van der Waals surface area contributed by atoms with E-state index in [9.17, 15) is 0 Å². The van der Waals surface area contributed by atoms with E-state index in [0.717, 1.165) is 10.0 Å². The number of ether oxygens (including phenoxy) is 1. The Bertz CT molecular complexity index is 309. The first-order valence-corrected chi connectivity index (χ1v) is 4.50. The lowest BCUT2D eigenvalue weighted by Gasteiger charge is -2.06. The maximum atomic E-state index is 5.76. The summed E-state index contributed by atoms with van der Waals surface area (Å²) < 4.78 is 5.88. The van der Waals surface area contributed by atoms with Gasteiger partial charge in [0.1, 0.15) is 5.76 Å². The van der Waals surface area contributed by atoms with Gasteiger partial charge in [-0.1, -0.05) is 18.2 Å². The summed E-state index contributed by atoms with van der Waals surface area (Å²) in [6, 6.07) is 5.46. The van der Waals surface area contributed by atoms with Crippen molar-refractivity contribution >= 4 is 33.3 Å². The van der Waals surface area contributed by atoms with E-state index in [0.29, 0.717) is 10.8 Å². The molecule has 0 aromatic heterocycles. The molecule has 1 rings (SSSR count). The molecule has 0 radical (unpaired) electrons. The number of benzene rings is 1. The zero-order valence-corrected chi connectivity index (χ0v) is 8.95. The van der Waals surface area contributed by atoms with Crippen molar-refractivity contribution in [1.82, 2.24) is 0 Å². The van der Waals surface area contributed by atoms with E-state index in [1.807, 2.05) is 6.07 Å². The normalized spacial score (nSPS) is 9.58. The molecular weight excluding hydrogens is 239 g/mol. The third kappa shape index (κ3) is 2.02. The Morgan fingerprint density at radius 3 is 2.75 bits per heavy atom. The van der Waals surface area contributed by atoms with Crippen molar-refractivity contribution in [2.75, 3.05) is 7.11 Å². The molecule has 0 amide bonds.